The zero-order valence-electron chi connectivity index (χ0n) is 11.3. The van der Waals surface area contributed by atoms with Crippen molar-refractivity contribution < 1.29 is 19.1 Å². The van der Waals surface area contributed by atoms with Crippen molar-refractivity contribution in [1.29, 1.82) is 0 Å². The maximum absolute atomic E-state index is 13.3. The van der Waals surface area contributed by atoms with E-state index in [4.69, 9.17) is 5.11 Å². The van der Waals surface area contributed by atoms with Gasteiger partial charge in [0.2, 0.25) is 5.91 Å². The van der Waals surface area contributed by atoms with Crippen LogP contribution >= 0.6 is 11.8 Å². The van der Waals surface area contributed by atoms with Crippen molar-refractivity contribution in [3.05, 3.63) is 30.1 Å². The molecule has 2 N–H and O–H groups in total. The number of hydrogen-bond donors (Lipinski definition) is 2. The number of hydrogen-bond acceptors (Lipinski definition) is 3. The highest BCUT2D eigenvalue weighted by Crippen LogP contribution is 2.20. The van der Waals surface area contributed by atoms with Crippen molar-refractivity contribution in [2.45, 2.75) is 24.7 Å². The van der Waals surface area contributed by atoms with E-state index in [0.29, 0.717) is 24.3 Å². The number of thioether (sulfide) groups is 1. The minimum atomic E-state index is -0.827. The second-order valence-corrected chi connectivity index (χ2v) is 5.47. The third kappa shape index (κ3) is 6.06. The van der Waals surface area contributed by atoms with Gasteiger partial charge in [0.1, 0.15) is 5.82 Å². The van der Waals surface area contributed by atoms with Crippen molar-refractivity contribution in [2.75, 3.05) is 12.3 Å². The van der Waals surface area contributed by atoms with E-state index < -0.39 is 11.9 Å². The van der Waals surface area contributed by atoms with E-state index in [9.17, 15) is 14.0 Å². The molecule has 1 unspecified atom stereocenters. The van der Waals surface area contributed by atoms with Gasteiger partial charge in [-0.15, -0.1) is 11.8 Å². The topological polar surface area (TPSA) is 66.4 Å². The normalized spacial score (nSPS) is 11.9. The number of rotatable bonds is 8. The van der Waals surface area contributed by atoms with E-state index in [1.165, 1.54) is 6.07 Å². The fourth-order valence-corrected chi connectivity index (χ4v) is 2.29. The van der Waals surface area contributed by atoms with Crippen LogP contribution in [0, 0.1) is 11.7 Å². The third-order valence-electron chi connectivity index (χ3n) is 2.75. The number of halogens is 1. The predicted octanol–water partition coefficient (Wildman–Crippen LogP) is 2.53. The lowest BCUT2D eigenvalue weighted by Crippen LogP contribution is -2.26. The van der Waals surface area contributed by atoms with Gasteiger partial charge in [-0.3, -0.25) is 9.59 Å². The molecule has 4 nitrogen and oxygen atoms in total. The first-order valence-corrected chi connectivity index (χ1v) is 7.36. The van der Waals surface area contributed by atoms with E-state index in [0.717, 1.165) is 11.8 Å². The first-order chi connectivity index (χ1) is 9.50. The Morgan fingerprint density at radius 3 is 2.75 bits per heavy atom. The van der Waals surface area contributed by atoms with E-state index in [-0.39, 0.29) is 17.5 Å². The van der Waals surface area contributed by atoms with Gasteiger partial charge in [0.15, 0.2) is 0 Å². The molecular formula is C14H18FNO3S. The largest absolute Gasteiger partial charge is 0.481 e. The molecule has 0 heterocycles. The average molecular weight is 299 g/mol. The molecule has 0 spiro atoms. The second kappa shape index (κ2) is 8.58. The Bertz CT molecular complexity index is 467. The zero-order valence-corrected chi connectivity index (χ0v) is 12.1. The molecule has 6 heteroatoms. The van der Waals surface area contributed by atoms with Gasteiger partial charge < -0.3 is 10.4 Å². The Kier molecular flexibility index (Phi) is 7.08. The number of benzene rings is 1. The fourth-order valence-electron chi connectivity index (χ4n) is 1.52. The Morgan fingerprint density at radius 1 is 1.40 bits per heavy atom. The predicted molar refractivity (Wildman–Crippen MR) is 76.2 cm³/mol. The lowest BCUT2D eigenvalue weighted by Gasteiger charge is -2.07. The van der Waals surface area contributed by atoms with E-state index in [2.05, 4.69) is 5.32 Å². The minimum absolute atomic E-state index is 0.148. The lowest BCUT2D eigenvalue weighted by atomic mass is 10.1. The van der Waals surface area contributed by atoms with Gasteiger partial charge in [-0.2, -0.15) is 0 Å². The van der Waals surface area contributed by atoms with Crippen LogP contribution in [0.15, 0.2) is 29.2 Å². The maximum Gasteiger partial charge on any atom is 0.306 e. The van der Waals surface area contributed by atoms with Gasteiger partial charge in [-0.1, -0.05) is 19.1 Å². The summed E-state index contributed by atoms with van der Waals surface area (Å²) in [5.74, 6) is -1.59. The number of nitrogens with one attached hydrogen (secondary N) is 1. The summed E-state index contributed by atoms with van der Waals surface area (Å²) >= 11 is 1.14. The first-order valence-electron chi connectivity index (χ1n) is 6.37. The molecule has 1 amide bonds. The molecule has 0 bridgehead atoms. The summed E-state index contributed by atoms with van der Waals surface area (Å²) < 4.78 is 13.3. The SMILES string of the molecule is CC(CCCNC(=O)CSc1ccccc1F)C(=O)O. The molecule has 0 saturated carbocycles. The third-order valence-corrected chi connectivity index (χ3v) is 3.80. The monoisotopic (exact) mass is 299 g/mol. The Morgan fingerprint density at radius 2 is 2.10 bits per heavy atom. The molecule has 1 atom stereocenters. The number of carboxylic acid groups (broad SMARTS) is 1. The van der Waals surface area contributed by atoms with Crippen LogP contribution in [-0.2, 0) is 9.59 Å². The highest BCUT2D eigenvalue weighted by Gasteiger charge is 2.10. The van der Waals surface area contributed by atoms with Gasteiger partial charge in [-0.25, -0.2) is 4.39 Å². The molecule has 0 radical (unpaired) electrons. The van der Waals surface area contributed by atoms with Crippen LogP contribution in [0.4, 0.5) is 4.39 Å². The number of carbonyl (C=O) groups excluding carboxylic acids is 1. The summed E-state index contributed by atoms with van der Waals surface area (Å²) in [7, 11) is 0. The average Bonchev–Trinajstić information content (AvgIpc) is 2.42. The quantitative estimate of drug-likeness (QED) is 0.572. The summed E-state index contributed by atoms with van der Waals surface area (Å²) in [6, 6.07) is 6.30. The van der Waals surface area contributed by atoms with Crippen LogP contribution in [0.1, 0.15) is 19.8 Å². The summed E-state index contributed by atoms with van der Waals surface area (Å²) in [6.07, 6.45) is 1.14. The molecule has 0 aliphatic heterocycles. The lowest BCUT2D eigenvalue weighted by molar-refractivity contribution is -0.141. The number of carboxylic acids is 1. The molecule has 1 rings (SSSR count). The number of carbonyl (C=O) groups is 2. The van der Waals surface area contributed by atoms with Crippen molar-refractivity contribution in [3.63, 3.8) is 0 Å². The van der Waals surface area contributed by atoms with Crippen LogP contribution in [0.5, 0.6) is 0 Å². The summed E-state index contributed by atoms with van der Waals surface area (Å²) in [6.45, 7) is 2.08. The van der Waals surface area contributed by atoms with E-state index in [1.807, 2.05) is 0 Å². The van der Waals surface area contributed by atoms with Crippen molar-refractivity contribution in [2.24, 2.45) is 5.92 Å². The fraction of sp³-hybridized carbons (Fsp3) is 0.429. The molecule has 0 fully saturated rings. The molecule has 0 saturated heterocycles. The molecule has 0 aromatic heterocycles. The van der Waals surface area contributed by atoms with Gasteiger partial charge in [0.05, 0.1) is 11.7 Å². The Hall–Kier alpha value is -1.56. The van der Waals surface area contributed by atoms with Crippen LogP contribution < -0.4 is 5.32 Å². The summed E-state index contributed by atoms with van der Waals surface area (Å²) in [5, 5.41) is 11.4. The van der Waals surface area contributed by atoms with E-state index >= 15 is 0 Å². The van der Waals surface area contributed by atoms with Crippen LogP contribution in [-0.4, -0.2) is 29.3 Å². The summed E-state index contributed by atoms with van der Waals surface area (Å²) in [4.78, 5) is 22.6. The van der Waals surface area contributed by atoms with E-state index in [1.54, 1.807) is 25.1 Å². The highest BCUT2D eigenvalue weighted by atomic mass is 32.2. The van der Waals surface area contributed by atoms with Crippen LogP contribution in [0.25, 0.3) is 0 Å². The molecule has 110 valence electrons. The minimum Gasteiger partial charge on any atom is -0.481 e. The standard InChI is InChI=1S/C14H18FNO3S/c1-10(14(18)19)5-4-8-16-13(17)9-20-12-7-3-2-6-11(12)15/h2-3,6-7,10H,4-5,8-9H2,1H3,(H,16,17)(H,18,19). The van der Waals surface area contributed by atoms with Gasteiger partial charge in [-0.05, 0) is 25.0 Å². The molecule has 1 aromatic rings. The first kappa shape index (κ1) is 16.5. The van der Waals surface area contributed by atoms with Crippen LogP contribution in [0.3, 0.4) is 0 Å². The highest BCUT2D eigenvalue weighted by molar-refractivity contribution is 8.00. The molecule has 0 aliphatic rings. The Balaban J connectivity index is 2.18. The second-order valence-electron chi connectivity index (χ2n) is 4.45. The summed E-state index contributed by atoms with van der Waals surface area (Å²) in [5.41, 5.74) is 0. The maximum atomic E-state index is 13.3. The number of aliphatic carboxylic acids is 1. The molecule has 0 aliphatic carbocycles. The number of amides is 1. The smallest absolute Gasteiger partial charge is 0.306 e. The molecular weight excluding hydrogens is 281 g/mol. The van der Waals surface area contributed by atoms with Crippen molar-refractivity contribution in [3.8, 4) is 0 Å². The molecule has 20 heavy (non-hydrogen) atoms. The van der Waals surface area contributed by atoms with Crippen molar-refractivity contribution in [1.82, 2.24) is 5.32 Å². The van der Waals surface area contributed by atoms with Gasteiger partial charge in [0, 0.05) is 11.4 Å². The molecule has 1 aromatic carbocycles. The van der Waals surface area contributed by atoms with Crippen LogP contribution in [0.2, 0.25) is 0 Å². The Labute approximate surface area is 121 Å². The van der Waals surface area contributed by atoms with Gasteiger partial charge in [0.25, 0.3) is 0 Å². The zero-order chi connectivity index (χ0) is 15.0. The van der Waals surface area contributed by atoms with Gasteiger partial charge >= 0.3 is 5.97 Å². The van der Waals surface area contributed by atoms with Crippen molar-refractivity contribution >= 4 is 23.6 Å².